The number of nitrogens with zero attached hydrogens (tertiary/aromatic N) is 4. The lowest BCUT2D eigenvalue weighted by atomic mass is 10.1. The number of hydrogen-bond acceptors (Lipinski definition) is 4. The van der Waals surface area contributed by atoms with Gasteiger partial charge in [0, 0.05) is 45.6 Å². The van der Waals surface area contributed by atoms with Crippen molar-refractivity contribution in [1.82, 2.24) is 19.8 Å². The van der Waals surface area contributed by atoms with Crippen LogP contribution in [0.25, 0.3) is 0 Å². The summed E-state index contributed by atoms with van der Waals surface area (Å²) in [6.07, 6.45) is 8.43. The minimum absolute atomic E-state index is 0.850. The van der Waals surface area contributed by atoms with E-state index in [4.69, 9.17) is 0 Å². The van der Waals surface area contributed by atoms with E-state index in [1.54, 1.807) is 0 Å². The number of rotatable bonds is 4. The topological polar surface area (TPSA) is 13.0 Å². The molecule has 0 N–H and O–H groups in total. The zero-order valence-electron chi connectivity index (χ0n) is 17.0. The monoisotopic (exact) mass is 430 g/mol. The Balaban J connectivity index is 1.97. The van der Waals surface area contributed by atoms with Crippen molar-refractivity contribution in [3.05, 3.63) is 69.9 Å². The molecule has 0 unspecified atom stereocenters. The minimum Gasteiger partial charge on any atom is -0.374 e. The number of piperidine rings is 1. The van der Waals surface area contributed by atoms with E-state index in [-0.39, 0.29) is 0 Å². The van der Waals surface area contributed by atoms with Gasteiger partial charge in [-0.05, 0) is 54.6 Å². The molecular weight excluding hydrogens is 400 g/mol. The maximum Gasteiger partial charge on any atom is 0.144 e. The number of likely N-dealkylation sites (tertiary alicyclic amines) is 1. The third-order valence-electron chi connectivity index (χ3n) is 5.39. The number of benzene rings is 1. The molecule has 0 aliphatic carbocycles. The van der Waals surface area contributed by atoms with Gasteiger partial charge in [0.2, 0.25) is 0 Å². The van der Waals surface area contributed by atoms with Gasteiger partial charge in [-0.2, -0.15) is 0 Å². The molecule has 27 heavy (non-hydrogen) atoms. The highest BCUT2D eigenvalue weighted by molar-refractivity contribution is 9.12. The van der Waals surface area contributed by atoms with Gasteiger partial charge in [0.1, 0.15) is 5.82 Å². The zero-order valence-corrected chi connectivity index (χ0v) is 18.5. The van der Waals surface area contributed by atoms with Crippen molar-refractivity contribution < 1.29 is 0 Å². The lowest BCUT2D eigenvalue weighted by molar-refractivity contribution is 0.0328. The van der Waals surface area contributed by atoms with Crippen molar-refractivity contribution in [3.63, 3.8) is 0 Å². The number of hydrazine groups is 1. The highest BCUT2D eigenvalue weighted by Gasteiger charge is 2.31. The molecule has 2 heterocycles. The molecule has 5 heteroatoms. The molecule has 4 nitrogen and oxygen atoms in total. The van der Waals surface area contributed by atoms with Gasteiger partial charge >= 0.3 is 0 Å². The van der Waals surface area contributed by atoms with Crippen LogP contribution in [0.2, 0.25) is 0 Å². The Kier molecular flexibility index (Phi) is 6.66. The predicted octanol–water partition coefficient (Wildman–Crippen LogP) is 5.10. The van der Waals surface area contributed by atoms with E-state index >= 15 is 0 Å². The summed E-state index contributed by atoms with van der Waals surface area (Å²) in [4.78, 5) is 4.76. The van der Waals surface area contributed by atoms with Crippen LogP contribution in [0.4, 0.5) is 0 Å². The van der Waals surface area contributed by atoms with Crippen LogP contribution in [-0.2, 0) is 6.54 Å². The minimum atomic E-state index is 0.850. The molecule has 0 atom stereocenters. The zero-order chi connectivity index (χ0) is 19.4. The van der Waals surface area contributed by atoms with Crippen LogP contribution in [0, 0.1) is 0 Å². The van der Waals surface area contributed by atoms with Crippen LogP contribution in [-0.4, -0.2) is 47.0 Å². The van der Waals surface area contributed by atoms with Gasteiger partial charge in [-0.1, -0.05) is 36.4 Å². The number of halogens is 1. The normalized spacial score (nSPS) is 21.8. The molecule has 2 aliphatic rings. The summed E-state index contributed by atoms with van der Waals surface area (Å²) in [7, 11) is 4.32. The molecular formula is C22H31BrN4. The molecule has 3 rings (SSSR count). The third-order valence-corrected chi connectivity index (χ3v) is 6.37. The SMILES string of the molecule is C/C=C1\C(Br)=C(C)N(C)/C(=C\N2CCCCC2)N1N(C)Cc1ccccc1. The summed E-state index contributed by atoms with van der Waals surface area (Å²) in [5.41, 5.74) is 3.72. The van der Waals surface area contributed by atoms with Crippen molar-refractivity contribution in [2.45, 2.75) is 39.7 Å². The van der Waals surface area contributed by atoms with Gasteiger partial charge in [0.25, 0.3) is 0 Å². The van der Waals surface area contributed by atoms with Crippen LogP contribution in [0.3, 0.4) is 0 Å². The Bertz CT molecular complexity index is 732. The van der Waals surface area contributed by atoms with Gasteiger partial charge in [0.05, 0.1) is 10.2 Å². The van der Waals surface area contributed by atoms with Gasteiger partial charge < -0.3 is 9.80 Å². The van der Waals surface area contributed by atoms with E-state index in [0.29, 0.717) is 0 Å². The van der Waals surface area contributed by atoms with E-state index in [1.165, 1.54) is 42.0 Å². The van der Waals surface area contributed by atoms with E-state index in [1.807, 2.05) is 0 Å². The summed E-state index contributed by atoms with van der Waals surface area (Å²) < 4.78 is 1.14. The summed E-state index contributed by atoms with van der Waals surface area (Å²) in [5, 5.41) is 4.63. The Hall–Kier alpha value is -1.72. The fourth-order valence-electron chi connectivity index (χ4n) is 3.74. The Morgan fingerprint density at radius 1 is 1.11 bits per heavy atom. The Morgan fingerprint density at radius 3 is 2.41 bits per heavy atom. The molecule has 1 saturated heterocycles. The van der Waals surface area contributed by atoms with Crippen LogP contribution in [0.15, 0.2) is 64.3 Å². The maximum atomic E-state index is 3.83. The lowest BCUT2D eigenvalue weighted by Gasteiger charge is -2.45. The summed E-state index contributed by atoms with van der Waals surface area (Å²) in [6.45, 7) is 7.41. The fraction of sp³-hybridized carbons (Fsp3) is 0.455. The van der Waals surface area contributed by atoms with Crippen LogP contribution in [0.5, 0.6) is 0 Å². The van der Waals surface area contributed by atoms with E-state index in [2.05, 4.69) is 106 Å². The molecule has 1 fully saturated rings. The molecule has 0 bridgehead atoms. The second-order valence-electron chi connectivity index (χ2n) is 7.33. The van der Waals surface area contributed by atoms with Crippen LogP contribution < -0.4 is 0 Å². The van der Waals surface area contributed by atoms with Crippen molar-refractivity contribution in [2.75, 3.05) is 27.2 Å². The highest BCUT2D eigenvalue weighted by Crippen LogP contribution is 2.37. The summed E-state index contributed by atoms with van der Waals surface area (Å²) in [5.74, 6) is 1.20. The van der Waals surface area contributed by atoms with Crippen molar-refractivity contribution >= 4 is 15.9 Å². The first-order valence-electron chi connectivity index (χ1n) is 9.80. The first-order chi connectivity index (χ1) is 13.0. The Morgan fingerprint density at radius 2 is 1.78 bits per heavy atom. The second-order valence-corrected chi connectivity index (χ2v) is 8.12. The first-order valence-corrected chi connectivity index (χ1v) is 10.6. The van der Waals surface area contributed by atoms with Crippen LogP contribution >= 0.6 is 15.9 Å². The quantitative estimate of drug-likeness (QED) is 0.658. The van der Waals surface area contributed by atoms with Gasteiger partial charge in [-0.15, -0.1) is 0 Å². The molecule has 0 amide bonds. The average Bonchev–Trinajstić information content (AvgIpc) is 2.69. The smallest absolute Gasteiger partial charge is 0.144 e. The fourth-order valence-corrected chi connectivity index (χ4v) is 4.40. The summed E-state index contributed by atoms with van der Waals surface area (Å²) >= 11 is 3.83. The molecule has 0 spiro atoms. The lowest BCUT2D eigenvalue weighted by Crippen LogP contribution is -2.46. The molecule has 146 valence electrons. The van der Waals surface area contributed by atoms with Crippen molar-refractivity contribution in [3.8, 4) is 0 Å². The van der Waals surface area contributed by atoms with E-state index in [0.717, 1.165) is 24.1 Å². The van der Waals surface area contributed by atoms with Crippen molar-refractivity contribution in [2.24, 2.45) is 0 Å². The maximum absolute atomic E-state index is 3.83. The Labute approximate surface area is 172 Å². The molecule has 1 aromatic rings. The number of allylic oxidation sites excluding steroid dienone is 3. The van der Waals surface area contributed by atoms with Gasteiger partial charge in [0.15, 0.2) is 0 Å². The van der Waals surface area contributed by atoms with Gasteiger partial charge in [-0.3, -0.25) is 5.01 Å². The van der Waals surface area contributed by atoms with E-state index in [9.17, 15) is 0 Å². The molecule has 2 aliphatic heterocycles. The largest absolute Gasteiger partial charge is 0.374 e. The third kappa shape index (κ3) is 4.41. The first kappa shape index (κ1) is 20.0. The molecule has 0 radical (unpaired) electrons. The molecule has 0 aromatic heterocycles. The van der Waals surface area contributed by atoms with Crippen molar-refractivity contribution in [1.29, 1.82) is 0 Å². The van der Waals surface area contributed by atoms with Crippen LogP contribution in [0.1, 0.15) is 38.7 Å². The van der Waals surface area contributed by atoms with Gasteiger partial charge in [-0.25, -0.2) is 5.01 Å². The molecule has 0 saturated carbocycles. The van der Waals surface area contributed by atoms with E-state index < -0.39 is 0 Å². The average molecular weight is 431 g/mol. The standard InChI is InChI=1S/C22H31BrN4/c1-5-20-22(23)18(2)25(4)21(17-26-14-10-7-11-15-26)27(20)24(3)16-19-12-8-6-9-13-19/h5-6,8-9,12-13,17H,7,10-11,14-16H2,1-4H3/b20-5+,21-17+. The predicted molar refractivity (Wildman–Crippen MR) is 116 cm³/mol. The number of hydrogen-bond donors (Lipinski definition) is 0. The second kappa shape index (κ2) is 8.98. The summed E-state index contributed by atoms with van der Waals surface area (Å²) in [6, 6.07) is 10.6. The highest BCUT2D eigenvalue weighted by atomic mass is 79.9. The molecule has 1 aromatic carbocycles.